The van der Waals surface area contributed by atoms with Crippen LogP contribution in [0.3, 0.4) is 0 Å². The number of alkyl halides is 1. The van der Waals surface area contributed by atoms with Crippen LogP contribution in [0.25, 0.3) is 0 Å². The van der Waals surface area contributed by atoms with E-state index in [0.29, 0.717) is 43.1 Å². The van der Waals surface area contributed by atoms with E-state index in [4.69, 9.17) is 21.1 Å². The highest BCUT2D eigenvalue weighted by molar-refractivity contribution is 7.89. The highest BCUT2D eigenvalue weighted by Crippen LogP contribution is 2.32. The van der Waals surface area contributed by atoms with Gasteiger partial charge in [-0.05, 0) is 112 Å². The molecular weight excluding hydrogens is 1210 g/mol. The Morgan fingerprint density at radius 1 is 0.556 bits per heavy atom. The summed E-state index contributed by atoms with van der Waals surface area (Å²) < 4.78 is 82.8. The van der Waals surface area contributed by atoms with Crippen molar-refractivity contribution < 1.29 is 60.1 Å². The summed E-state index contributed by atoms with van der Waals surface area (Å²) >= 11 is 5.68. The zero-order valence-electron chi connectivity index (χ0n) is 53.3. The smallest absolute Gasteiger partial charge is 0.243 e. The number of fused-ring (bicyclic) bond motifs is 2. The van der Waals surface area contributed by atoms with Gasteiger partial charge in [-0.3, -0.25) is 19.2 Å². The first kappa shape index (κ1) is 72.6. The molecule has 0 saturated carbocycles. The molecule has 0 bridgehead atoms. The minimum atomic E-state index is -4.01. The Kier molecular flexibility index (Phi) is 26.3. The van der Waals surface area contributed by atoms with Crippen LogP contribution in [-0.4, -0.2) is 147 Å². The van der Waals surface area contributed by atoms with E-state index in [9.17, 15) is 50.6 Å². The molecule has 0 aromatic heterocycles. The van der Waals surface area contributed by atoms with E-state index in [0.717, 1.165) is 22.3 Å². The first-order valence-corrected chi connectivity index (χ1v) is 33.9. The summed E-state index contributed by atoms with van der Waals surface area (Å²) in [7, 11) is -7.99. The number of nitrogens with zero attached hydrogens (tertiary/aromatic N) is 2. The molecule has 5 aromatic carbocycles. The topological polar surface area (TPSA) is 262 Å². The normalized spacial score (nSPS) is 15.3. The fraction of sp³-hybridized carbons (Fsp3) is 0.493. The number of rotatable bonds is 29. The van der Waals surface area contributed by atoms with E-state index in [-0.39, 0.29) is 85.4 Å². The predicted octanol–water partition coefficient (Wildman–Crippen LogP) is 6.94. The molecule has 7 N–H and O–H groups in total. The summed E-state index contributed by atoms with van der Waals surface area (Å²) in [6, 6.07) is 30.7. The van der Waals surface area contributed by atoms with Gasteiger partial charge in [0, 0.05) is 45.6 Å². The van der Waals surface area contributed by atoms with Crippen LogP contribution in [-0.2, 0) is 71.5 Å². The lowest BCUT2D eigenvalue weighted by Gasteiger charge is -2.34. The number of benzene rings is 5. The zero-order valence-corrected chi connectivity index (χ0v) is 55.7. The molecule has 0 saturated heterocycles. The van der Waals surface area contributed by atoms with Crippen molar-refractivity contribution in [3.05, 3.63) is 155 Å². The maximum Gasteiger partial charge on any atom is 0.243 e. The lowest BCUT2D eigenvalue weighted by molar-refractivity contribution is -0.132. The lowest BCUT2D eigenvalue weighted by atomic mass is 9.85. The van der Waals surface area contributed by atoms with Crippen LogP contribution in [0.2, 0.25) is 0 Å². The molecule has 0 spiro atoms. The number of carbonyl (C=O) groups is 4. The van der Waals surface area contributed by atoms with E-state index < -0.39 is 90.9 Å². The zero-order chi connectivity index (χ0) is 66.1. The van der Waals surface area contributed by atoms with Gasteiger partial charge in [-0.15, -0.1) is 11.6 Å². The molecular formula is C67H91ClFN7O12S2. The van der Waals surface area contributed by atoms with E-state index in [1.165, 1.54) is 32.9 Å². The molecule has 19 nitrogen and oxygen atoms in total. The van der Waals surface area contributed by atoms with E-state index >= 15 is 0 Å². The average Bonchev–Trinajstić information content (AvgIpc) is 1.36. The van der Waals surface area contributed by atoms with Crippen molar-refractivity contribution in [3.8, 4) is 11.5 Å². The number of ether oxygens (including phenoxy) is 2. The van der Waals surface area contributed by atoms with Crippen LogP contribution in [0.5, 0.6) is 11.5 Å². The molecule has 2 aliphatic heterocycles. The Balaban J connectivity index is 0.000000291. The van der Waals surface area contributed by atoms with Gasteiger partial charge >= 0.3 is 0 Å². The van der Waals surface area contributed by atoms with E-state index in [1.807, 2.05) is 130 Å². The minimum Gasteiger partial charge on any atom is -0.493 e. The maximum absolute atomic E-state index is 14.0. The Hall–Kier alpha value is -6.50. The van der Waals surface area contributed by atoms with Crippen LogP contribution in [0.15, 0.2) is 131 Å². The Labute approximate surface area is 536 Å². The number of carbonyl (C=O) groups excluding carboxylic acids is 4. The first-order chi connectivity index (χ1) is 42.3. The highest BCUT2D eigenvalue weighted by atomic mass is 35.5. The first-order valence-electron chi connectivity index (χ1n) is 30.5. The third-order valence-corrected chi connectivity index (χ3v) is 19.1. The lowest BCUT2D eigenvalue weighted by Crippen LogP contribution is -2.59. The second kappa shape index (κ2) is 32.7. The van der Waals surface area contributed by atoms with E-state index in [1.54, 1.807) is 36.4 Å². The molecule has 2 heterocycles. The minimum absolute atomic E-state index is 0.0204. The molecule has 4 unspecified atom stereocenters. The number of nitrogens with one attached hydrogen (secondary N) is 5. The van der Waals surface area contributed by atoms with Gasteiger partial charge in [0.25, 0.3) is 0 Å². The monoisotopic (exact) mass is 1300 g/mol. The summed E-state index contributed by atoms with van der Waals surface area (Å²) in [5.41, 5.74) is 2.65. The molecule has 0 radical (unpaired) electrons. The summed E-state index contributed by atoms with van der Waals surface area (Å²) in [6.07, 6.45) is -0.828. The van der Waals surface area contributed by atoms with Crippen LogP contribution in [0, 0.1) is 28.5 Å². The Morgan fingerprint density at radius 2 is 0.967 bits per heavy atom. The van der Waals surface area contributed by atoms with Crippen LogP contribution < -0.4 is 36.1 Å². The third kappa shape index (κ3) is 21.3. The molecule has 4 amide bonds. The molecule has 6 atom stereocenters. The molecule has 0 aliphatic carbocycles. The Bertz CT molecular complexity index is 3420. The van der Waals surface area contributed by atoms with Crippen LogP contribution in [0.1, 0.15) is 97.1 Å². The molecule has 0 fully saturated rings. The SMILES string of the molecule is CC(C)CN(CC(O)C(Cc1ccccc1)NC(=O)[C@@H](NC(=O)CCl)C(C)(C)C)S(=O)(=O)c1ccc2c(c1)CCO2.CC(C)CN(CC(O)C(Cc1ccccc1)NC(=O)[C@@H](NC(=O)CNCc1cccc(F)c1)C(C)(C)C)S(=O)(=O)c1ccc2c(c1)CCO2. The third-order valence-electron chi connectivity index (χ3n) is 15.2. The van der Waals surface area contributed by atoms with Gasteiger partial charge < -0.3 is 46.3 Å². The number of aliphatic hydroxyl groups excluding tert-OH is 2. The molecule has 23 heteroatoms. The van der Waals surface area contributed by atoms with Crippen molar-refractivity contribution in [2.24, 2.45) is 22.7 Å². The number of hydrogen-bond acceptors (Lipinski definition) is 13. The number of sulfonamides is 2. The average molecular weight is 1310 g/mol. The summed E-state index contributed by atoms with van der Waals surface area (Å²) in [6.45, 7) is 19.5. The molecule has 5 aromatic rings. The van der Waals surface area contributed by atoms with Crippen LogP contribution in [0.4, 0.5) is 4.39 Å². The fourth-order valence-corrected chi connectivity index (χ4v) is 14.0. The van der Waals surface area contributed by atoms with Crippen LogP contribution >= 0.6 is 11.6 Å². The fourth-order valence-electron chi connectivity index (χ4n) is 10.5. The van der Waals surface area contributed by atoms with Gasteiger partial charge in [0.05, 0.1) is 53.8 Å². The predicted molar refractivity (Wildman–Crippen MR) is 346 cm³/mol. The molecule has 2 aliphatic rings. The molecule has 492 valence electrons. The number of halogens is 2. The van der Waals surface area contributed by atoms with Crippen molar-refractivity contribution in [2.75, 3.05) is 51.8 Å². The summed E-state index contributed by atoms with van der Waals surface area (Å²) in [5, 5.41) is 37.5. The number of hydrogen-bond donors (Lipinski definition) is 7. The van der Waals surface area contributed by atoms with Crippen molar-refractivity contribution in [2.45, 2.75) is 148 Å². The quantitative estimate of drug-likeness (QED) is 0.0240. The summed E-state index contributed by atoms with van der Waals surface area (Å²) in [4.78, 5) is 52.8. The van der Waals surface area contributed by atoms with E-state index in [2.05, 4.69) is 26.6 Å². The summed E-state index contributed by atoms with van der Waals surface area (Å²) in [5.74, 6) is -1.31. The van der Waals surface area contributed by atoms with Gasteiger partial charge in [-0.2, -0.15) is 8.61 Å². The van der Waals surface area contributed by atoms with Crippen molar-refractivity contribution >= 4 is 55.3 Å². The number of aliphatic hydroxyl groups is 2. The largest absolute Gasteiger partial charge is 0.493 e. The molecule has 7 rings (SSSR count). The van der Waals surface area contributed by atoms with Crippen molar-refractivity contribution in [1.82, 2.24) is 35.2 Å². The van der Waals surface area contributed by atoms with Gasteiger partial charge in [0.2, 0.25) is 43.7 Å². The maximum atomic E-state index is 14.0. The number of amides is 4. The van der Waals surface area contributed by atoms with Crippen molar-refractivity contribution in [1.29, 1.82) is 0 Å². The van der Waals surface area contributed by atoms with Crippen molar-refractivity contribution in [3.63, 3.8) is 0 Å². The van der Waals surface area contributed by atoms with Gasteiger partial charge in [0.15, 0.2) is 0 Å². The Morgan fingerprint density at radius 3 is 1.36 bits per heavy atom. The van der Waals surface area contributed by atoms with Gasteiger partial charge in [-0.1, -0.05) is 142 Å². The second-order valence-corrected chi connectivity index (χ2v) is 30.2. The second-order valence-electron chi connectivity index (χ2n) is 26.0. The molecule has 90 heavy (non-hydrogen) atoms. The van der Waals surface area contributed by atoms with Gasteiger partial charge in [-0.25, -0.2) is 21.2 Å². The standard InChI is InChI=1S/C37H49FN4O6S.C30H42ClN3O6S/c1-25(2)23-42(49(46,47)30-14-15-33-28(20-30)16-17-48-33)24-32(43)31(19-26-10-7-6-8-11-26)40-36(45)35(37(3,4)5)41-34(44)22-39-21-27-12-9-13-29(38)18-27;1-20(2)18-34(41(38,39)23-11-12-26-22(16-23)13-14-40-26)19-25(35)24(15-21-9-7-6-8-10-21)32-29(37)28(30(3,4)5)33-27(36)17-31/h6-15,18,20,25,31-32,35,39,43H,16-17,19,21-24H2,1-5H3,(H,40,45)(H,41,44);6-12,16,20,24-25,28,35H,13-15,17-19H2,1-5H3,(H,32,37)(H,33,36)/t31?,32?,35-;24?,25?,28-/m11/s1. The highest BCUT2D eigenvalue weighted by Gasteiger charge is 2.39. The van der Waals surface area contributed by atoms with Gasteiger partial charge in [0.1, 0.15) is 35.3 Å².